The Labute approximate surface area is 254 Å². The molecule has 43 heavy (non-hydrogen) atoms. The van der Waals surface area contributed by atoms with Gasteiger partial charge in [-0.15, -0.1) is 0 Å². The predicted octanol–water partition coefficient (Wildman–Crippen LogP) is 5.03. The Kier molecular flexibility index (Phi) is 14.3. The first-order valence-electron chi connectivity index (χ1n) is 14.9. The van der Waals surface area contributed by atoms with E-state index < -0.39 is 0 Å². The molecule has 9 nitrogen and oxygen atoms in total. The molecular weight excluding hydrogens is 550 g/mol. The summed E-state index contributed by atoms with van der Waals surface area (Å²) < 4.78 is 38.8. The van der Waals surface area contributed by atoms with Crippen LogP contribution in [-0.4, -0.2) is 104 Å². The SMILES string of the molecule is CN(CCOCCOCCOCCOCCOCCOc1ccccc1)C(=O)OCC1c2ccccc2-c2ccccc21. The average Bonchev–Trinajstić information content (AvgIpc) is 3.37. The second-order valence-electron chi connectivity index (χ2n) is 9.95. The van der Waals surface area contributed by atoms with E-state index in [2.05, 4.69) is 24.3 Å². The summed E-state index contributed by atoms with van der Waals surface area (Å²) in [5, 5.41) is 0. The van der Waals surface area contributed by atoms with Crippen LogP contribution in [0.2, 0.25) is 0 Å². The summed E-state index contributed by atoms with van der Waals surface area (Å²) in [5.41, 5.74) is 4.82. The van der Waals surface area contributed by atoms with Crippen molar-refractivity contribution in [1.29, 1.82) is 0 Å². The minimum Gasteiger partial charge on any atom is -0.491 e. The van der Waals surface area contributed by atoms with Crippen LogP contribution in [0, 0.1) is 0 Å². The molecule has 0 fully saturated rings. The quantitative estimate of drug-likeness (QED) is 0.159. The van der Waals surface area contributed by atoms with Crippen molar-refractivity contribution >= 4 is 6.09 Å². The molecule has 0 saturated carbocycles. The Hall–Kier alpha value is -3.47. The van der Waals surface area contributed by atoms with Crippen molar-refractivity contribution in [3.05, 3.63) is 90.0 Å². The van der Waals surface area contributed by atoms with Gasteiger partial charge in [0.05, 0.1) is 66.1 Å². The minimum atomic E-state index is -0.358. The molecule has 232 valence electrons. The summed E-state index contributed by atoms with van der Waals surface area (Å²) in [7, 11) is 1.72. The number of para-hydroxylation sites is 1. The van der Waals surface area contributed by atoms with Gasteiger partial charge in [0.25, 0.3) is 0 Å². The summed E-state index contributed by atoms with van der Waals surface area (Å²) in [4.78, 5) is 14.1. The Morgan fingerprint density at radius 3 is 1.56 bits per heavy atom. The Morgan fingerprint density at radius 2 is 1.02 bits per heavy atom. The van der Waals surface area contributed by atoms with Crippen molar-refractivity contribution in [3.8, 4) is 16.9 Å². The van der Waals surface area contributed by atoms with Crippen molar-refractivity contribution in [1.82, 2.24) is 4.90 Å². The first-order chi connectivity index (χ1) is 21.2. The van der Waals surface area contributed by atoms with Gasteiger partial charge >= 0.3 is 6.09 Å². The number of hydrogen-bond donors (Lipinski definition) is 0. The molecule has 0 aliphatic heterocycles. The van der Waals surface area contributed by atoms with E-state index in [-0.39, 0.29) is 12.0 Å². The zero-order valence-corrected chi connectivity index (χ0v) is 25.0. The number of carbonyl (C=O) groups is 1. The van der Waals surface area contributed by atoms with E-state index in [1.807, 2.05) is 54.6 Å². The van der Waals surface area contributed by atoms with Gasteiger partial charge in [-0.1, -0.05) is 66.7 Å². The Bertz CT molecular complexity index is 1160. The molecule has 0 atom stereocenters. The standard InChI is InChI=1S/C34H43NO8/c1-35(34(36)43-27-33-31-13-7-5-11-29(31)30-12-6-8-14-32(30)33)15-16-37-17-18-38-19-20-39-21-22-40-23-24-41-25-26-42-28-9-3-2-4-10-28/h2-14,33H,15-27H2,1H3. The Morgan fingerprint density at radius 1 is 0.581 bits per heavy atom. The third-order valence-electron chi connectivity index (χ3n) is 6.95. The highest BCUT2D eigenvalue weighted by molar-refractivity contribution is 5.79. The van der Waals surface area contributed by atoms with E-state index in [1.54, 1.807) is 7.05 Å². The van der Waals surface area contributed by atoms with Gasteiger partial charge < -0.3 is 38.1 Å². The number of amides is 1. The molecule has 3 aromatic carbocycles. The van der Waals surface area contributed by atoms with Crippen LogP contribution in [0.15, 0.2) is 78.9 Å². The molecule has 0 N–H and O–H groups in total. The number of ether oxygens (including phenoxy) is 7. The van der Waals surface area contributed by atoms with Gasteiger partial charge in [0, 0.05) is 19.5 Å². The van der Waals surface area contributed by atoms with E-state index in [9.17, 15) is 4.79 Å². The van der Waals surface area contributed by atoms with Crippen molar-refractivity contribution < 1.29 is 38.0 Å². The highest BCUT2D eigenvalue weighted by Gasteiger charge is 2.29. The van der Waals surface area contributed by atoms with E-state index in [0.717, 1.165) is 5.75 Å². The van der Waals surface area contributed by atoms with Crippen molar-refractivity contribution in [3.63, 3.8) is 0 Å². The fourth-order valence-electron chi connectivity index (χ4n) is 4.71. The first-order valence-corrected chi connectivity index (χ1v) is 14.9. The van der Waals surface area contributed by atoms with E-state index in [1.165, 1.54) is 27.2 Å². The third kappa shape index (κ3) is 10.9. The van der Waals surface area contributed by atoms with Crippen LogP contribution in [0.3, 0.4) is 0 Å². The highest BCUT2D eigenvalue weighted by atomic mass is 16.6. The van der Waals surface area contributed by atoms with E-state index >= 15 is 0 Å². The molecule has 9 heteroatoms. The van der Waals surface area contributed by atoms with Gasteiger partial charge in [-0.25, -0.2) is 4.79 Å². The molecule has 3 aromatic rings. The summed E-state index contributed by atoms with van der Waals surface area (Å²) >= 11 is 0. The van der Waals surface area contributed by atoms with E-state index in [0.29, 0.717) is 85.8 Å². The van der Waals surface area contributed by atoms with Crippen LogP contribution in [0.25, 0.3) is 11.1 Å². The topological polar surface area (TPSA) is 84.9 Å². The maximum Gasteiger partial charge on any atom is 0.409 e. The summed E-state index contributed by atoms with van der Waals surface area (Å²) in [6, 6.07) is 26.3. The average molecular weight is 594 g/mol. The molecule has 0 spiro atoms. The number of nitrogens with zero attached hydrogens (tertiary/aromatic N) is 1. The summed E-state index contributed by atoms with van der Waals surface area (Å²) in [6.07, 6.45) is -0.358. The van der Waals surface area contributed by atoms with Gasteiger partial charge in [-0.3, -0.25) is 0 Å². The van der Waals surface area contributed by atoms with Crippen molar-refractivity contribution in [2.24, 2.45) is 0 Å². The largest absolute Gasteiger partial charge is 0.491 e. The lowest BCUT2D eigenvalue weighted by atomic mass is 9.98. The molecule has 0 heterocycles. The predicted molar refractivity (Wildman–Crippen MR) is 164 cm³/mol. The number of carbonyl (C=O) groups excluding carboxylic acids is 1. The second-order valence-corrected chi connectivity index (χ2v) is 9.95. The smallest absolute Gasteiger partial charge is 0.409 e. The van der Waals surface area contributed by atoms with Crippen LogP contribution in [0.5, 0.6) is 5.75 Å². The van der Waals surface area contributed by atoms with Gasteiger partial charge in [0.15, 0.2) is 0 Å². The molecule has 0 unspecified atom stereocenters. The number of fused-ring (bicyclic) bond motifs is 3. The molecule has 0 bridgehead atoms. The maximum absolute atomic E-state index is 12.6. The zero-order chi connectivity index (χ0) is 30.0. The minimum absolute atomic E-state index is 0.0469. The van der Waals surface area contributed by atoms with Crippen LogP contribution >= 0.6 is 0 Å². The molecular formula is C34H43NO8. The first kappa shape index (κ1) is 32.4. The van der Waals surface area contributed by atoms with Gasteiger partial charge in [0.1, 0.15) is 19.0 Å². The van der Waals surface area contributed by atoms with Crippen LogP contribution in [0.1, 0.15) is 17.0 Å². The second kappa shape index (κ2) is 18.9. The molecule has 1 aliphatic rings. The lowest BCUT2D eigenvalue weighted by molar-refractivity contribution is -0.0135. The summed E-state index contributed by atoms with van der Waals surface area (Å²) in [5.74, 6) is 0.887. The van der Waals surface area contributed by atoms with Gasteiger partial charge in [0.2, 0.25) is 0 Å². The highest BCUT2D eigenvalue weighted by Crippen LogP contribution is 2.44. The van der Waals surface area contributed by atoms with Gasteiger partial charge in [-0.05, 0) is 34.4 Å². The lowest BCUT2D eigenvalue weighted by Crippen LogP contribution is -2.32. The zero-order valence-electron chi connectivity index (χ0n) is 25.0. The molecule has 1 aliphatic carbocycles. The lowest BCUT2D eigenvalue weighted by Gasteiger charge is -2.19. The number of rotatable bonds is 21. The molecule has 0 aromatic heterocycles. The Balaban J connectivity index is 0.918. The van der Waals surface area contributed by atoms with Crippen LogP contribution in [0.4, 0.5) is 4.79 Å². The fourth-order valence-corrected chi connectivity index (χ4v) is 4.71. The van der Waals surface area contributed by atoms with Crippen molar-refractivity contribution in [2.45, 2.75) is 5.92 Å². The fraction of sp³-hybridized carbons (Fsp3) is 0.441. The number of likely N-dealkylation sites (N-methyl/N-ethyl adjacent to an activating group) is 1. The van der Waals surface area contributed by atoms with Gasteiger partial charge in [-0.2, -0.15) is 0 Å². The molecule has 1 amide bonds. The molecule has 0 radical (unpaired) electrons. The maximum atomic E-state index is 12.6. The van der Waals surface area contributed by atoms with Crippen molar-refractivity contribution in [2.75, 3.05) is 92.9 Å². The molecule has 4 rings (SSSR count). The van der Waals surface area contributed by atoms with E-state index in [4.69, 9.17) is 33.2 Å². The summed E-state index contributed by atoms with van der Waals surface area (Å²) in [6.45, 7) is 6.08. The monoisotopic (exact) mass is 593 g/mol. The third-order valence-corrected chi connectivity index (χ3v) is 6.95. The van der Waals surface area contributed by atoms with Crippen LogP contribution < -0.4 is 4.74 Å². The molecule has 0 saturated heterocycles. The van der Waals surface area contributed by atoms with Crippen LogP contribution in [-0.2, 0) is 28.4 Å². The number of hydrogen-bond acceptors (Lipinski definition) is 8. The number of benzene rings is 3. The normalized spacial score (nSPS) is 12.1.